The van der Waals surface area contributed by atoms with Gasteiger partial charge in [-0.1, -0.05) is 26.7 Å². The molecule has 0 spiro atoms. The lowest BCUT2D eigenvalue weighted by atomic mass is 10.0. The van der Waals surface area contributed by atoms with Gasteiger partial charge in [-0.15, -0.1) is 0 Å². The Morgan fingerprint density at radius 2 is 1.93 bits per heavy atom. The zero-order chi connectivity index (χ0) is 9.97. The molecule has 2 aliphatic rings. The fraction of sp³-hybridized carbons (Fsp3) is 1.00. The maximum atomic E-state index is 5.79. The fourth-order valence-electron chi connectivity index (χ4n) is 2.70. The van der Waals surface area contributed by atoms with Gasteiger partial charge in [-0.3, -0.25) is 4.90 Å². The van der Waals surface area contributed by atoms with Crippen molar-refractivity contribution in [3.8, 4) is 0 Å². The summed E-state index contributed by atoms with van der Waals surface area (Å²) < 4.78 is 5.79. The van der Waals surface area contributed by atoms with Crippen LogP contribution in [-0.4, -0.2) is 36.7 Å². The third-order valence-corrected chi connectivity index (χ3v) is 3.71. The largest absolute Gasteiger partial charge is 0.375 e. The molecule has 0 aromatic carbocycles. The molecular weight excluding hydrogens is 174 g/mol. The van der Waals surface area contributed by atoms with E-state index in [-0.39, 0.29) is 0 Å². The highest BCUT2D eigenvalue weighted by Gasteiger charge is 2.29. The Bertz CT molecular complexity index is 175. The van der Waals surface area contributed by atoms with Crippen molar-refractivity contribution in [2.75, 3.05) is 19.7 Å². The van der Waals surface area contributed by atoms with Crippen LogP contribution in [0.25, 0.3) is 0 Å². The highest BCUT2D eigenvalue weighted by molar-refractivity contribution is 4.82. The predicted molar refractivity (Wildman–Crippen MR) is 58.4 cm³/mol. The molecule has 14 heavy (non-hydrogen) atoms. The Balaban J connectivity index is 1.86. The summed E-state index contributed by atoms with van der Waals surface area (Å²) in [6.45, 7) is 7.81. The van der Waals surface area contributed by atoms with Crippen LogP contribution in [0.1, 0.15) is 39.5 Å². The molecule has 2 rings (SSSR count). The van der Waals surface area contributed by atoms with E-state index in [1.165, 1.54) is 32.2 Å². The SMILES string of the molecule is CC(C)C1CN(C2CCCC2)CCO1. The van der Waals surface area contributed by atoms with Crippen LogP contribution < -0.4 is 0 Å². The van der Waals surface area contributed by atoms with E-state index in [1.54, 1.807) is 0 Å². The van der Waals surface area contributed by atoms with E-state index in [4.69, 9.17) is 4.74 Å². The van der Waals surface area contributed by atoms with E-state index >= 15 is 0 Å². The summed E-state index contributed by atoms with van der Waals surface area (Å²) in [4.78, 5) is 2.67. The van der Waals surface area contributed by atoms with Gasteiger partial charge >= 0.3 is 0 Å². The molecule has 0 aromatic heterocycles. The second kappa shape index (κ2) is 4.63. The molecule has 0 bridgehead atoms. The van der Waals surface area contributed by atoms with E-state index in [2.05, 4.69) is 18.7 Å². The van der Waals surface area contributed by atoms with Crippen LogP contribution in [0.15, 0.2) is 0 Å². The predicted octanol–water partition coefficient (Wildman–Crippen LogP) is 2.29. The van der Waals surface area contributed by atoms with Crippen molar-refractivity contribution in [2.45, 2.75) is 51.7 Å². The first-order chi connectivity index (χ1) is 6.77. The zero-order valence-corrected chi connectivity index (χ0v) is 9.54. The molecule has 1 atom stereocenters. The topological polar surface area (TPSA) is 12.5 Å². The summed E-state index contributed by atoms with van der Waals surface area (Å²) in [5.74, 6) is 0.666. The van der Waals surface area contributed by atoms with Crippen LogP contribution in [-0.2, 0) is 4.74 Å². The number of morpholine rings is 1. The molecule has 2 fully saturated rings. The van der Waals surface area contributed by atoms with Crippen molar-refractivity contribution < 1.29 is 4.74 Å². The normalized spacial score (nSPS) is 31.5. The molecular formula is C12H23NO. The van der Waals surface area contributed by atoms with Gasteiger partial charge in [0.15, 0.2) is 0 Å². The average Bonchev–Trinajstić information content (AvgIpc) is 2.71. The Kier molecular flexibility index (Phi) is 3.45. The minimum absolute atomic E-state index is 0.476. The lowest BCUT2D eigenvalue weighted by molar-refractivity contribution is -0.0624. The second-order valence-electron chi connectivity index (χ2n) is 5.09. The molecule has 1 aliphatic heterocycles. The summed E-state index contributed by atoms with van der Waals surface area (Å²) >= 11 is 0. The highest BCUT2D eigenvalue weighted by Crippen LogP contribution is 2.26. The summed E-state index contributed by atoms with van der Waals surface area (Å²) in [5.41, 5.74) is 0. The van der Waals surface area contributed by atoms with Gasteiger partial charge in [0.2, 0.25) is 0 Å². The Morgan fingerprint density at radius 1 is 1.21 bits per heavy atom. The molecule has 1 saturated carbocycles. The molecule has 1 heterocycles. The van der Waals surface area contributed by atoms with Gasteiger partial charge in [-0.2, -0.15) is 0 Å². The van der Waals surface area contributed by atoms with Gasteiger partial charge in [0, 0.05) is 19.1 Å². The average molecular weight is 197 g/mol. The minimum Gasteiger partial charge on any atom is -0.375 e. The summed E-state index contributed by atoms with van der Waals surface area (Å²) in [5, 5.41) is 0. The standard InChI is InChI=1S/C12H23NO/c1-10(2)12-9-13(7-8-14-12)11-5-3-4-6-11/h10-12H,3-9H2,1-2H3. The van der Waals surface area contributed by atoms with Crippen molar-refractivity contribution in [1.29, 1.82) is 0 Å². The number of nitrogens with zero attached hydrogens (tertiary/aromatic N) is 1. The van der Waals surface area contributed by atoms with Crippen molar-refractivity contribution in [3.63, 3.8) is 0 Å². The number of hydrogen-bond acceptors (Lipinski definition) is 2. The molecule has 0 aromatic rings. The van der Waals surface area contributed by atoms with Gasteiger partial charge < -0.3 is 4.74 Å². The Hall–Kier alpha value is -0.0800. The first kappa shape index (κ1) is 10.4. The van der Waals surface area contributed by atoms with Gasteiger partial charge in [-0.25, -0.2) is 0 Å². The monoisotopic (exact) mass is 197 g/mol. The van der Waals surface area contributed by atoms with Crippen molar-refractivity contribution in [2.24, 2.45) is 5.92 Å². The maximum absolute atomic E-state index is 5.79. The maximum Gasteiger partial charge on any atom is 0.0725 e. The first-order valence-corrected chi connectivity index (χ1v) is 6.13. The van der Waals surface area contributed by atoms with Crippen LogP contribution in [0.2, 0.25) is 0 Å². The lowest BCUT2D eigenvalue weighted by Gasteiger charge is -2.38. The number of hydrogen-bond donors (Lipinski definition) is 0. The van der Waals surface area contributed by atoms with Crippen LogP contribution in [0, 0.1) is 5.92 Å². The second-order valence-corrected chi connectivity index (χ2v) is 5.09. The fourth-order valence-corrected chi connectivity index (χ4v) is 2.70. The third-order valence-electron chi connectivity index (χ3n) is 3.71. The summed E-state index contributed by atoms with van der Waals surface area (Å²) in [6.07, 6.45) is 6.20. The Labute approximate surface area is 87.6 Å². The van der Waals surface area contributed by atoms with Crippen LogP contribution >= 0.6 is 0 Å². The molecule has 1 unspecified atom stereocenters. The van der Waals surface area contributed by atoms with Gasteiger partial charge in [-0.05, 0) is 18.8 Å². The molecule has 0 amide bonds. The summed E-state index contributed by atoms with van der Waals surface area (Å²) in [7, 11) is 0. The van der Waals surface area contributed by atoms with Crippen molar-refractivity contribution in [3.05, 3.63) is 0 Å². The quantitative estimate of drug-likeness (QED) is 0.673. The van der Waals surface area contributed by atoms with E-state index in [0.717, 1.165) is 19.2 Å². The Morgan fingerprint density at radius 3 is 2.57 bits per heavy atom. The van der Waals surface area contributed by atoms with Crippen molar-refractivity contribution >= 4 is 0 Å². The first-order valence-electron chi connectivity index (χ1n) is 6.13. The van der Waals surface area contributed by atoms with Gasteiger partial charge in [0.1, 0.15) is 0 Å². The smallest absolute Gasteiger partial charge is 0.0725 e. The highest BCUT2D eigenvalue weighted by atomic mass is 16.5. The van der Waals surface area contributed by atoms with E-state index < -0.39 is 0 Å². The van der Waals surface area contributed by atoms with Crippen molar-refractivity contribution in [1.82, 2.24) is 4.90 Å². The lowest BCUT2D eigenvalue weighted by Crippen LogP contribution is -2.48. The van der Waals surface area contributed by atoms with E-state index in [1.807, 2.05) is 0 Å². The molecule has 2 nitrogen and oxygen atoms in total. The van der Waals surface area contributed by atoms with Crippen LogP contribution in [0.5, 0.6) is 0 Å². The molecule has 0 N–H and O–H groups in total. The molecule has 2 heteroatoms. The van der Waals surface area contributed by atoms with Gasteiger partial charge in [0.05, 0.1) is 12.7 Å². The molecule has 82 valence electrons. The van der Waals surface area contributed by atoms with Gasteiger partial charge in [0.25, 0.3) is 0 Å². The molecule has 0 radical (unpaired) electrons. The minimum atomic E-state index is 0.476. The molecule has 1 saturated heterocycles. The number of rotatable bonds is 2. The zero-order valence-electron chi connectivity index (χ0n) is 9.54. The number of ether oxygens (including phenoxy) is 1. The molecule has 1 aliphatic carbocycles. The van der Waals surface area contributed by atoms with Crippen LogP contribution in [0.3, 0.4) is 0 Å². The summed E-state index contributed by atoms with van der Waals surface area (Å²) in [6, 6.07) is 0.875. The van der Waals surface area contributed by atoms with E-state index in [0.29, 0.717) is 12.0 Å². The third kappa shape index (κ3) is 2.29. The van der Waals surface area contributed by atoms with Crippen LogP contribution in [0.4, 0.5) is 0 Å². The van der Waals surface area contributed by atoms with E-state index in [9.17, 15) is 0 Å².